The molecule has 1 N–H and O–H groups in total. The van der Waals surface area contributed by atoms with Crippen molar-refractivity contribution in [1.29, 1.82) is 0 Å². The third kappa shape index (κ3) is 3.66. The van der Waals surface area contributed by atoms with E-state index in [1.807, 2.05) is 44.2 Å². The Kier molecular flexibility index (Phi) is 4.76. The number of benzene rings is 1. The van der Waals surface area contributed by atoms with Crippen LogP contribution >= 0.6 is 11.3 Å². The maximum atomic E-state index is 12.4. The van der Waals surface area contributed by atoms with Crippen molar-refractivity contribution in [2.45, 2.75) is 26.8 Å². The van der Waals surface area contributed by atoms with Crippen LogP contribution in [0.4, 0.5) is 5.13 Å². The van der Waals surface area contributed by atoms with Gasteiger partial charge < -0.3 is 0 Å². The molecule has 2 heterocycles. The topological polar surface area (TPSA) is 76.9 Å². The molecule has 128 valence electrons. The standard InChI is InChI=1S/C18H18N4O2S/c1-11(2)22-10-9-14(21-22)17(24)20-18-19-15(16(25-18)12(3)23)13-7-5-4-6-8-13/h4-11H,1-3H3,(H,19,20,24). The third-order valence-electron chi connectivity index (χ3n) is 3.58. The molecule has 0 bridgehead atoms. The van der Waals surface area contributed by atoms with Gasteiger partial charge in [-0.1, -0.05) is 41.7 Å². The molecule has 3 rings (SSSR count). The Morgan fingerprint density at radius 3 is 2.48 bits per heavy atom. The second-order valence-corrected chi connectivity index (χ2v) is 6.85. The number of thiazole rings is 1. The van der Waals surface area contributed by atoms with Crippen LogP contribution in [0.5, 0.6) is 0 Å². The quantitative estimate of drug-likeness (QED) is 0.702. The molecule has 0 fully saturated rings. The molecule has 0 saturated heterocycles. The van der Waals surface area contributed by atoms with E-state index in [4.69, 9.17) is 0 Å². The molecular weight excluding hydrogens is 336 g/mol. The van der Waals surface area contributed by atoms with Crippen LogP contribution in [0.2, 0.25) is 0 Å². The molecule has 0 atom stereocenters. The second-order valence-electron chi connectivity index (χ2n) is 5.85. The minimum atomic E-state index is -0.345. The fraction of sp³-hybridized carbons (Fsp3) is 0.222. The second kappa shape index (κ2) is 6.98. The van der Waals surface area contributed by atoms with Gasteiger partial charge in [0.15, 0.2) is 16.6 Å². The predicted molar refractivity (Wildman–Crippen MR) is 98.1 cm³/mol. The number of anilines is 1. The van der Waals surface area contributed by atoms with Crippen LogP contribution in [-0.4, -0.2) is 26.5 Å². The SMILES string of the molecule is CC(=O)c1sc(NC(=O)c2ccn(C(C)C)n2)nc1-c1ccccc1. The van der Waals surface area contributed by atoms with Gasteiger partial charge in [0.05, 0.1) is 10.6 Å². The van der Waals surface area contributed by atoms with E-state index in [2.05, 4.69) is 15.4 Å². The molecule has 0 saturated carbocycles. The van der Waals surface area contributed by atoms with Crippen LogP contribution in [0.25, 0.3) is 11.3 Å². The van der Waals surface area contributed by atoms with Gasteiger partial charge in [0.25, 0.3) is 5.91 Å². The number of rotatable bonds is 5. The van der Waals surface area contributed by atoms with E-state index >= 15 is 0 Å². The molecule has 0 unspecified atom stereocenters. The fourth-order valence-electron chi connectivity index (χ4n) is 2.31. The average molecular weight is 354 g/mol. The highest BCUT2D eigenvalue weighted by Crippen LogP contribution is 2.31. The molecule has 1 amide bonds. The first-order valence-electron chi connectivity index (χ1n) is 7.89. The Bertz CT molecular complexity index is 912. The summed E-state index contributed by atoms with van der Waals surface area (Å²) >= 11 is 1.17. The minimum Gasteiger partial charge on any atom is -0.296 e. The van der Waals surface area contributed by atoms with Gasteiger partial charge in [0.2, 0.25) is 0 Å². The van der Waals surface area contributed by atoms with E-state index < -0.39 is 0 Å². The highest BCUT2D eigenvalue weighted by molar-refractivity contribution is 7.18. The van der Waals surface area contributed by atoms with Crippen molar-refractivity contribution in [3.05, 3.63) is 53.2 Å². The Balaban J connectivity index is 1.87. The first-order chi connectivity index (χ1) is 12.0. The van der Waals surface area contributed by atoms with E-state index in [0.717, 1.165) is 5.56 Å². The lowest BCUT2D eigenvalue weighted by molar-refractivity contribution is 0.101. The summed E-state index contributed by atoms with van der Waals surface area (Å²) in [5.74, 6) is -0.427. The molecule has 2 aromatic heterocycles. The lowest BCUT2D eigenvalue weighted by Crippen LogP contribution is -2.13. The van der Waals surface area contributed by atoms with Gasteiger partial charge in [0.1, 0.15) is 0 Å². The summed E-state index contributed by atoms with van der Waals surface area (Å²) in [4.78, 5) is 29.3. The van der Waals surface area contributed by atoms with Gasteiger partial charge in [-0.15, -0.1) is 0 Å². The summed E-state index contributed by atoms with van der Waals surface area (Å²) in [6, 6.07) is 11.3. The van der Waals surface area contributed by atoms with Crippen molar-refractivity contribution >= 4 is 28.2 Å². The molecule has 25 heavy (non-hydrogen) atoms. The summed E-state index contributed by atoms with van der Waals surface area (Å²) in [5, 5.41) is 7.36. The van der Waals surface area contributed by atoms with Gasteiger partial charge in [-0.3, -0.25) is 19.6 Å². The van der Waals surface area contributed by atoms with Crippen molar-refractivity contribution in [1.82, 2.24) is 14.8 Å². The summed E-state index contributed by atoms with van der Waals surface area (Å²) < 4.78 is 1.72. The van der Waals surface area contributed by atoms with Crippen molar-refractivity contribution in [2.24, 2.45) is 0 Å². The summed E-state index contributed by atoms with van der Waals surface area (Å²) in [5.41, 5.74) is 1.74. The Morgan fingerprint density at radius 2 is 1.88 bits per heavy atom. The molecule has 0 aliphatic rings. The number of hydrogen-bond donors (Lipinski definition) is 1. The maximum absolute atomic E-state index is 12.4. The molecule has 0 aliphatic heterocycles. The van der Waals surface area contributed by atoms with Crippen molar-refractivity contribution in [3.8, 4) is 11.3 Å². The number of Topliss-reactive ketones (excluding diaryl/α,β-unsaturated/α-hetero) is 1. The number of ketones is 1. The summed E-state index contributed by atoms with van der Waals surface area (Å²) in [6.07, 6.45) is 1.76. The molecule has 3 aromatic rings. The minimum absolute atomic E-state index is 0.0825. The lowest BCUT2D eigenvalue weighted by Gasteiger charge is -2.03. The molecule has 0 spiro atoms. The highest BCUT2D eigenvalue weighted by Gasteiger charge is 2.19. The van der Waals surface area contributed by atoms with Crippen molar-refractivity contribution in [2.75, 3.05) is 5.32 Å². The normalized spacial score (nSPS) is 10.9. The predicted octanol–water partition coefficient (Wildman–Crippen LogP) is 4.04. The summed E-state index contributed by atoms with van der Waals surface area (Å²) in [7, 11) is 0. The maximum Gasteiger partial charge on any atom is 0.277 e. The largest absolute Gasteiger partial charge is 0.296 e. The average Bonchev–Trinajstić information content (AvgIpc) is 3.23. The Hall–Kier alpha value is -2.80. The summed E-state index contributed by atoms with van der Waals surface area (Å²) in [6.45, 7) is 5.47. The zero-order chi connectivity index (χ0) is 18.0. The van der Waals surface area contributed by atoms with Crippen LogP contribution in [0, 0.1) is 0 Å². The van der Waals surface area contributed by atoms with Gasteiger partial charge in [0, 0.05) is 24.7 Å². The first kappa shape index (κ1) is 17.0. The monoisotopic (exact) mass is 354 g/mol. The van der Waals surface area contributed by atoms with E-state index in [1.54, 1.807) is 16.9 Å². The van der Waals surface area contributed by atoms with Gasteiger partial charge in [-0.25, -0.2) is 4.98 Å². The van der Waals surface area contributed by atoms with E-state index in [0.29, 0.717) is 21.4 Å². The number of amides is 1. The highest BCUT2D eigenvalue weighted by atomic mass is 32.1. The number of carbonyl (C=O) groups is 2. The molecule has 7 heteroatoms. The van der Waals surface area contributed by atoms with Gasteiger partial charge >= 0.3 is 0 Å². The lowest BCUT2D eigenvalue weighted by atomic mass is 10.1. The Morgan fingerprint density at radius 1 is 1.16 bits per heavy atom. The number of hydrogen-bond acceptors (Lipinski definition) is 5. The van der Waals surface area contributed by atoms with Crippen LogP contribution in [0.1, 0.15) is 47.0 Å². The molecular formula is C18H18N4O2S. The van der Waals surface area contributed by atoms with Crippen molar-refractivity contribution in [3.63, 3.8) is 0 Å². The molecule has 0 radical (unpaired) electrons. The van der Waals surface area contributed by atoms with Crippen LogP contribution in [0.3, 0.4) is 0 Å². The van der Waals surface area contributed by atoms with Crippen LogP contribution < -0.4 is 5.32 Å². The fourth-order valence-corrected chi connectivity index (χ4v) is 3.19. The molecule has 6 nitrogen and oxygen atoms in total. The number of carbonyl (C=O) groups excluding carboxylic acids is 2. The first-order valence-corrected chi connectivity index (χ1v) is 8.71. The van der Waals surface area contributed by atoms with Gasteiger partial charge in [-0.2, -0.15) is 5.10 Å². The van der Waals surface area contributed by atoms with E-state index in [-0.39, 0.29) is 17.7 Å². The zero-order valence-electron chi connectivity index (χ0n) is 14.2. The number of nitrogens with zero attached hydrogens (tertiary/aromatic N) is 3. The Labute approximate surface area is 149 Å². The van der Waals surface area contributed by atoms with Crippen molar-refractivity contribution < 1.29 is 9.59 Å². The number of aromatic nitrogens is 3. The van der Waals surface area contributed by atoms with Crippen LogP contribution in [-0.2, 0) is 0 Å². The molecule has 0 aliphatic carbocycles. The van der Waals surface area contributed by atoms with Gasteiger partial charge in [-0.05, 0) is 19.9 Å². The van der Waals surface area contributed by atoms with E-state index in [9.17, 15) is 9.59 Å². The van der Waals surface area contributed by atoms with Crippen LogP contribution in [0.15, 0.2) is 42.6 Å². The zero-order valence-corrected chi connectivity index (χ0v) is 15.0. The van der Waals surface area contributed by atoms with E-state index in [1.165, 1.54) is 18.3 Å². The number of nitrogens with one attached hydrogen (secondary N) is 1. The molecule has 1 aromatic carbocycles. The third-order valence-corrected chi connectivity index (χ3v) is 4.66. The smallest absolute Gasteiger partial charge is 0.277 e.